The molecule has 0 radical (unpaired) electrons. The van der Waals surface area contributed by atoms with Crippen LogP contribution in [0, 0.1) is 0 Å². The second-order valence-electron chi connectivity index (χ2n) is 16.8. The maximum absolute atomic E-state index is 13.5. The number of rotatable bonds is 9. The van der Waals surface area contributed by atoms with Crippen LogP contribution in [-0.2, 0) is 5.41 Å². The Morgan fingerprint density at radius 1 is 0.507 bits per heavy atom. The minimum Gasteiger partial charge on any atom is -0.507 e. The number of aromatic hydroxyl groups is 2. The highest BCUT2D eigenvalue weighted by atomic mass is 32.8. The van der Waals surface area contributed by atoms with Gasteiger partial charge in [0, 0.05) is 16.2 Å². The Hall–Kier alpha value is -6.09. The third-order valence-electron chi connectivity index (χ3n) is 11.7. The van der Waals surface area contributed by atoms with Crippen molar-refractivity contribution in [1.29, 1.82) is 0 Å². The van der Waals surface area contributed by atoms with Gasteiger partial charge >= 0.3 is 0 Å². The number of ether oxygens (including phenoxy) is 2. The van der Waals surface area contributed by atoms with Crippen molar-refractivity contribution in [3.05, 3.63) is 191 Å². The molecule has 4 atom stereocenters. The molecule has 71 heavy (non-hydrogen) atoms. The molecular formula is C56H55N2O8P5. The standard InChI is InChI=1S/C51H34N2O8.C3H8.C2H6.H7P5/c1-51(2,31-9-15-35(16-10-31)60-37-19-23-41-43(27-37)49(58)52(47(41)56)33-13-21-39-29(25-33)5-3-7-45(39)54)32-11-17-36(18-12-32)61-38-20-24-42-44(28-38)50(59)53(48(42)57)34-14-22-40-30(26-34)6-4-8-46(40)55;1-3-2;1-2;1-4-5(2)3/h3-28,54-55H,1-2H3;3H2,1-2H3;1-2H3;4H,1-3H2. The first-order valence-corrected chi connectivity index (χ1v) is 31.2. The number of phenolic OH excluding ortho intramolecular Hbond substituents is 2. The first-order valence-electron chi connectivity index (χ1n) is 22.9. The van der Waals surface area contributed by atoms with E-state index < -0.39 is 29.0 Å². The van der Waals surface area contributed by atoms with Crippen LogP contribution in [0.3, 0.4) is 0 Å². The lowest BCUT2D eigenvalue weighted by atomic mass is 9.78. The molecule has 2 N–H and O–H groups in total. The average Bonchev–Trinajstić information content (AvgIpc) is 3.77. The number of nitrogens with zero attached hydrogens (tertiary/aromatic N) is 2. The fourth-order valence-electron chi connectivity index (χ4n) is 8.14. The van der Waals surface area contributed by atoms with Gasteiger partial charge in [0.1, 0.15) is 34.5 Å². The molecule has 8 aromatic rings. The molecule has 0 saturated carbocycles. The molecule has 2 aliphatic heterocycles. The lowest BCUT2D eigenvalue weighted by molar-refractivity contribution is 0.0910. The molecule has 15 heteroatoms. The third-order valence-corrected chi connectivity index (χ3v) is 23.6. The van der Waals surface area contributed by atoms with E-state index in [0.29, 0.717) is 55.9 Å². The summed E-state index contributed by atoms with van der Waals surface area (Å²) in [4.78, 5) is 56.1. The Morgan fingerprint density at radius 2 is 0.845 bits per heavy atom. The van der Waals surface area contributed by atoms with Crippen LogP contribution in [0.1, 0.15) is 101 Å². The number of phenols is 2. The quantitative estimate of drug-likeness (QED) is 0.108. The molecule has 2 aliphatic rings. The lowest BCUT2D eigenvalue weighted by Gasteiger charge is -2.26. The van der Waals surface area contributed by atoms with Gasteiger partial charge in [0.2, 0.25) is 0 Å². The number of hydrogen-bond donors (Lipinski definition) is 2. The zero-order valence-electron chi connectivity index (χ0n) is 40.1. The number of benzene rings is 8. The number of hydrogen-bond acceptors (Lipinski definition) is 8. The minimum atomic E-state index is -0.454. The first kappa shape index (κ1) is 52.7. The van der Waals surface area contributed by atoms with Gasteiger partial charge in [-0.05, 0) is 138 Å². The Kier molecular flexibility index (Phi) is 17.1. The molecule has 4 unspecified atom stereocenters. The first-order chi connectivity index (χ1) is 34.1. The van der Waals surface area contributed by atoms with E-state index >= 15 is 0 Å². The van der Waals surface area contributed by atoms with Crippen LogP contribution in [-0.4, -0.2) is 33.8 Å². The van der Waals surface area contributed by atoms with Crippen molar-refractivity contribution in [1.82, 2.24) is 0 Å². The summed E-state index contributed by atoms with van der Waals surface area (Å²) in [5, 5.41) is 23.0. The van der Waals surface area contributed by atoms with Crippen molar-refractivity contribution in [2.24, 2.45) is 0 Å². The number of anilines is 2. The molecule has 10 rings (SSSR count). The second-order valence-corrected chi connectivity index (χ2v) is 30.7. The van der Waals surface area contributed by atoms with Gasteiger partial charge in [-0.25, -0.2) is 9.80 Å². The van der Waals surface area contributed by atoms with Gasteiger partial charge in [-0.1, -0.05) is 104 Å². The molecule has 0 saturated heterocycles. The molecule has 0 fully saturated rings. The molecule has 362 valence electrons. The molecule has 8 aromatic carbocycles. The third kappa shape index (κ3) is 11.2. The maximum atomic E-state index is 13.5. The second kappa shape index (κ2) is 23.0. The summed E-state index contributed by atoms with van der Waals surface area (Å²) in [7, 11) is 9.24. The van der Waals surface area contributed by atoms with Gasteiger partial charge in [0.25, 0.3) is 23.6 Å². The Morgan fingerprint density at radius 3 is 1.20 bits per heavy atom. The van der Waals surface area contributed by atoms with E-state index in [1.807, 2.05) is 74.5 Å². The normalized spacial score (nSPS) is 12.9. The summed E-state index contributed by atoms with van der Waals surface area (Å²) in [6.07, 6.45) is 1.25. The van der Waals surface area contributed by atoms with E-state index in [2.05, 4.69) is 54.5 Å². The van der Waals surface area contributed by atoms with E-state index in [4.69, 9.17) is 9.47 Å². The predicted octanol–water partition coefficient (Wildman–Crippen LogP) is 15.8. The summed E-state index contributed by atoms with van der Waals surface area (Å²) in [5.41, 5.74) is 3.53. The number of carbonyl (C=O) groups is 4. The molecule has 10 nitrogen and oxygen atoms in total. The summed E-state index contributed by atoms with van der Waals surface area (Å²) < 4.78 is 12.3. The molecule has 0 aromatic heterocycles. The number of fused-ring (bicyclic) bond motifs is 4. The number of carbonyl (C=O) groups excluding carboxylic acids is 4. The zero-order chi connectivity index (χ0) is 51.1. The van der Waals surface area contributed by atoms with Crippen LogP contribution in [0.4, 0.5) is 11.4 Å². The minimum absolute atomic E-state index is 0.121. The SMILES string of the molecule is CC.CC(C)(c1ccc(Oc2ccc3c(c2)C(=O)N(c2ccc4c(O)cccc4c2)C3=O)cc1)c1ccc(Oc2ccc3c(c2)C(=O)N(c2ccc4c(O)cccc4c2)C3=O)cc1.CCC.PPP(P)P. The van der Waals surface area contributed by atoms with Gasteiger partial charge in [-0.3, -0.25) is 19.2 Å². The molecule has 0 aliphatic carbocycles. The van der Waals surface area contributed by atoms with Gasteiger partial charge in [0.15, 0.2) is 0 Å². The highest BCUT2D eigenvalue weighted by Crippen LogP contribution is 2.71. The predicted molar refractivity (Wildman–Crippen MR) is 303 cm³/mol. The fourth-order valence-corrected chi connectivity index (χ4v) is 8.14. The van der Waals surface area contributed by atoms with Crippen molar-refractivity contribution in [2.75, 3.05) is 9.80 Å². The maximum Gasteiger partial charge on any atom is 0.266 e. The summed E-state index contributed by atoms with van der Waals surface area (Å²) in [5.74, 6) is 0.420. The van der Waals surface area contributed by atoms with E-state index in [9.17, 15) is 29.4 Å². The Labute approximate surface area is 423 Å². The largest absolute Gasteiger partial charge is 0.507 e. The van der Waals surface area contributed by atoms with E-state index in [1.54, 1.807) is 97.1 Å². The van der Waals surface area contributed by atoms with E-state index in [1.165, 1.54) is 6.42 Å². The van der Waals surface area contributed by atoms with Crippen LogP contribution in [0.5, 0.6) is 34.5 Å². The van der Waals surface area contributed by atoms with Crippen molar-refractivity contribution in [2.45, 2.75) is 53.4 Å². The molecule has 0 spiro atoms. The Balaban J connectivity index is 0.000000684. The van der Waals surface area contributed by atoms with E-state index in [-0.39, 0.29) is 40.7 Å². The highest BCUT2D eigenvalue weighted by molar-refractivity contribution is 8.77. The summed E-state index contributed by atoms with van der Waals surface area (Å²) in [6, 6.07) is 45.4. The van der Waals surface area contributed by atoms with Crippen molar-refractivity contribution in [3.63, 3.8) is 0 Å². The fraction of sp³-hybridized carbons (Fsp3) is 0.143. The van der Waals surface area contributed by atoms with Crippen LogP contribution >= 0.6 is 41.7 Å². The monoisotopic (exact) mass is 1040 g/mol. The molecule has 0 bridgehead atoms. The highest BCUT2D eigenvalue weighted by Gasteiger charge is 2.38. The smallest absolute Gasteiger partial charge is 0.266 e. The molecule has 2 heterocycles. The van der Waals surface area contributed by atoms with Gasteiger partial charge < -0.3 is 19.7 Å². The van der Waals surface area contributed by atoms with Gasteiger partial charge in [0.05, 0.1) is 33.6 Å². The molecule has 4 amide bonds. The lowest BCUT2D eigenvalue weighted by Crippen LogP contribution is -2.29. The summed E-state index contributed by atoms with van der Waals surface area (Å²) in [6.45, 7) is 12.7. The average molecular weight is 1040 g/mol. The number of amides is 4. The zero-order valence-corrected chi connectivity index (χ0v) is 45.5. The van der Waals surface area contributed by atoms with Crippen LogP contribution in [0.15, 0.2) is 158 Å². The van der Waals surface area contributed by atoms with Crippen LogP contribution in [0.25, 0.3) is 21.5 Å². The summed E-state index contributed by atoms with van der Waals surface area (Å²) >= 11 is 0. The van der Waals surface area contributed by atoms with Crippen molar-refractivity contribution >= 4 is 98.3 Å². The van der Waals surface area contributed by atoms with Crippen LogP contribution in [0.2, 0.25) is 0 Å². The van der Waals surface area contributed by atoms with Crippen molar-refractivity contribution < 1.29 is 38.9 Å². The molecular weight excluding hydrogens is 983 g/mol. The van der Waals surface area contributed by atoms with Crippen LogP contribution < -0.4 is 19.3 Å². The van der Waals surface area contributed by atoms with Gasteiger partial charge in [-0.15, -0.1) is 26.8 Å². The Bertz CT molecular complexity index is 3080. The van der Waals surface area contributed by atoms with E-state index in [0.717, 1.165) is 28.9 Å². The topological polar surface area (TPSA) is 134 Å². The van der Waals surface area contributed by atoms with Gasteiger partial charge in [-0.2, -0.15) is 0 Å². The van der Waals surface area contributed by atoms with Crippen molar-refractivity contribution in [3.8, 4) is 34.5 Å². The number of imide groups is 2.